The maximum atomic E-state index is 16.4. The van der Waals surface area contributed by atoms with Crippen molar-refractivity contribution in [1.29, 1.82) is 0 Å². The summed E-state index contributed by atoms with van der Waals surface area (Å²) in [6.07, 6.45) is 1.13. The van der Waals surface area contributed by atoms with Crippen LogP contribution in [-0.4, -0.2) is 33.2 Å². The van der Waals surface area contributed by atoms with Crippen LogP contribution >= 0.6 is 11.1 Å². The second-order valence-corrected chi connectivity index (χ2v) is 20.6. The maximum Gasteiger partial charge on any atom is 0.200 e. The molecule has 0 spiro atoms. The molecule has 0 unspecified atom stereocenters. The molecule has 0 atom stereocenters. The van der Waals surface area contributed by atoms with Gasteiger partial charge in [-0.15, -0.1) is 21.9 Å². The summed E-state index contributed by atoms with van der Waals surface area (Å²) in [7, 11) is -4.39. The number of hydrogen-bond donors (Lipinski definition) is 1. The molecule has 350 valence electrons. The lowest BCUT2D eigenvalue weighted by Crippen LogP contribution is -3.12. The molecule has 0 saturated carbocycles. The second-order valence-electron chi connectivity index (χ2n) is 14.6. The van der Waals surface area contributed by atoms with Gasteiger partial charge in [-0.1, -0.05) is 53.9 Å². The molecule has 23 heteroatoms. The van der Waals surface area contributed by atoms with Crippen molar-refractivity contribution in [3.05, 3.63) is 111 Å². The predicted molar refractivity (Wildman–Crippen MR) is 202 cm³/mol. The van der Waals surface area contributed by atoms with E-state index in [0.29, 0.717) is 0 Å². The molecule has 4 aromatic carbocycles. The lowest BCUT2D eigenvalue weighted by Gasteiger charge is -2.45. The van der Waals surface area contributed by atoms with Crippen LogP contribution in [0.5, 0.6) is 0 Å². The zero-order chi connectivity index (χ0) is 48.2. The van der Waals surface area contributed by atoms with Crippen LogP contribution in [0.1, 0.15) is 73.1 Å². The topological polar surface area (TPSA) is 4.44 Å². The van der Waals surface area contributed by atoms with Gasteiger partial charge in [0.25, 0.3) is 0 Å². The van der Waals surface area contributed by atoms with Crippen LogP contribution in [-0.2, 0) is 0 Å². The molecule has 0 saturated heterocycles. The second kappa shape index (κ2) is 21.4. The largest absolute Gasteiger partial charge is 0.335 e. The molecule has 1 N–H and O–H groups in total. The van der Waals surface area contributed by atoms with E-state index in [1.54, 1.807) is 0 Å². The number of nitrogens with one attached hydrogen (secondary N) is 1. The molecule has 4 rings (SSSR count). The fraction of sp³-hybridized carbons (Fsp3) is 0.400. The Balaban J connectivity index is 0.000000701. The summed E-state index contributed by atoms with van der Waals surface area (Å²) in [5.74, 6) is -65.0. The van der Waals surface area contributed by atoms with Crippen molar-refractivity contribution < 1.29 is 88.3 Å². The van der Waals surface area contributed by atoms with Gasteiger partial charge in [-0.25, -0.2) is 83.4 Å². The first-order chi connectivity index (χ1) is 29.4. The van der Waals surface area contributed by atoms with Crippen LogP contribution in [0, 0.1) is 111 Å². The Labute approximate surface area is 354 Å². The smallest absolute Gasteiger partial charge is 0.200 e. The van der Waals surface area contributed by atoms with E-state index in [4.69, 9.17) is 11.1 Å². The number of benzene rings is 4. The monoisotopic (exact) mass is 967 g/mol. The van der Waals surface area contributed by atoms with Gasteiger partial charge in [-0.2, -0.15) is 11.1 Å². The Hall–Kier alpha value is -3.92. The Morgan fingerprint density at radius 2 is 0.524 bits per heavy atom. The van der Waals surface area contributed by atoms with Crippen molar-refractivity contribution >= 4 is 51.6 Å². The molecule has 0 radical (unpaired) electrons. The highest BCUT2D eigenvalue weighted by atomic mass is 35.6. The number of quaternary nitrogens is 1. The van der Waals surface area contributed by atoms with Gasteiger partial charge in [0.2, 0.25) is 0 Å². The molecule has 1 nitrogen and oxygen atoms in total. The van der Waals surface area contributed by atoms with Gasteiger partial charge in [-0.05, 0) is 31.4 Å². The summed E-state index contributed by atoms with van der Waals surface area (Å²) in [6, 6.07) is -1.11. The molecular weight excluding hydrogens is 930 g/mol. The zero-order valence-corrected chi connectivity index (χ0v) is 35.7. The van der Waals surface area contributed by atoms with E-state index in [0.717, 1.165) is 13.8 Å². The first-order valence-corrected chi connectivity index (χ1v) is 22.9. The van der Waals surface area contributed by atoms with Crippen molar-refractivity contribution in [2.24, 2.45) is 0 Å². The lowest BCUT2D eigenvalue weighted by atomic mass is 9.12. The molecule has 63 heavy (non-hydrogen) atoms. The van der Waals surface area contributed by atoms with Crippen LogP contribution in [0.2, 0.25) is 12.1 Å². The van der Waals surface area contributed by atoms with E-state index in [-0.39, 0.29) is 0 Å². The molecule has 0 fully saturated rings. The molecule has 0 aliphatic rings. The lowest BCUT2D eigenvalue weighted by molar-refractivity contribution is -0.900. The zero-order valence-electron chi connectivity index (χ0n) is 33.9. The minimum Gasteiger partial charge on any atom is -0.335 e. The van der Waals surface area contributed by atoms with Gasteiger partial charge in [0.15, 0.2) is 71.4 Å². The number of halogens is 20. The van der Waals surface area contributed by atoms with Gasteiger partial charge >= 0.3 is 0 Å². The summed E-state index contributed by atoms with van der Waals surface area (Å²) in [5.41, 5.74) is -13.8. The van der Waals surface area contributed by atoms with Crippen molar-refractivity contribution in [1.82, 2.24) is 0 Å². The molecule has 0 aliphatic carbocycles. The van der Waals surface area contributed by atoms with Gasteiger partial charge in [0, 0.05) is 5.19 Å². The van der Waals surface area contributed by atoms with E-state index in [9.17, 15) is 39.5 Å². The Kier molecular flexibility index (Phi) is 18.1. The average Bonchev–Trinajstić information content (AvgIpc) is 3.26. The third-order valence-electron chi connectivity index (χ3n) is 11.0. The standard InChI is InChI=1S/C28H10BClF19Si.C12H27N/c1-3-50(30,4-2)28-26(48)15(37)8(16(38)27(28)49)29(5-9(31)17(39)23(45)18(40)10(5)32,6-11(33)19(41)24(46)20(42)12(6)34)7-13(35)21(43)25(47)22(44)14(7)36;1-4-7-10-13(11-8-5-2)12-9-6-3/h3-4H2,1-2H3;4-12H2,1-3H3/q-1;/p+1. The SMILES string of the molecule is CCCC[NH+](CCCC)CCCC.CC[Si](Cl)(CC)c1c(F)c(F)c([B-](c2c(F)c(F)c(F)c(F)c2F)(c2c(F)c(F)c(F)c(F)c2F)c2c(F)c(F)c(F)c(F)c2F)c(F)c1F. The first kappa shape index (κ1) is 53.4. The quantitative estimate of drug-likeness (QED) is 0.0376. The minimum absolute atomic E-state index is 0.555. The minimum atomic E-state index is -7.13. The van der Waals surface area contributed by atoms with Gasteiger partial charge in [0.1, 0.15) is 52.7 Å². The fourth-order valence-electron chi connectivity index (χ4n) is 7.55. The van der Waals surface area contributed by atoms with Crippen molar-refractivity contribution in [3.8, 4) is 0 Å². The highest BCUT2D eigenvalue weighted by Gasteiger charge is 2.53. The fourth-order valence-corrected chi connectivity index (χ4v) is 10.3. The summed E-state index contributed by atoms with van der Waals surface area (Å²) in [5, 5.41) is -1.79. The molecule has 0 aromatic heterocycles. The van der Waals surface area contributed by atoms with E-state index >= 15 is 43.9 Å². The molecule has 0 bridgehead atoms. The molecule has 0 aliphatic heterocycles. The third kappa shape index (κ3) is 9.31. The highest BCUT2D eigenvalue weighted by molar-refractivity contribution is 7.27. The van der Waals surface area contributed by atoms with E-state index in [2.05, 4.69) is 20.8 Å². The summed E-state index contributed by atoms with van der Waals surface area (Å²) < 4.78 is 290. The number of rotatable bonds is 16. The van der Waals surface area contributed by atoms with E-state index in [1.165, 1.54) is 58.2 Å². The van der Waals surface area contributed by atoms with Crippen molar-refractivity contribution in [2.75, 3.05) is 19.6 Å². The van der Waals surface area contributed by atoms with E-state index in [1.807, 2.05) is 4.90 Å². The summed E-state index contributed by atoms with van der Waals surface area (Å²) in [6.45, 7) is 13.2. The highest BCUT2D eigenvalue weighted by Crippen LogP contribution is 2.31. The molecule has 0 heterocycles. The molecule has 4 aromatic rings. The van der Waals surface area contributed by atoms with Gasteiger partial charge in [-0.3, -0.25) is 0 Å². The summed E-state index contributed by atoms with van der Waals surface area (Å²) in [4.78, 5) is 1.84. The normalized spacial score (nSPS) is 12.1. The van der Waals surface area contributed by atoms with Crippen LogP contribution in [0.25, 0.3) is 0 Å². The molecular formula is C40H38BClF19NSi. The third-order valence-corrected chi connectivity index (χ3v) is 16.7. The first-order valence-electron chi connectivity index (χ1n) is 19.5. The Morgan fingerprint density at radius 1 is 0.333 bits per heavy atom. The van der Waals surface area contributed by atoms with Crippen molar-refractivity contribution in [2.45, 2.75) is 85.2 Å². The maximum absolute atomic E-state index is 16.4. The van der Waals surface area contributed by atoms with Crippen LogP contribution in [0.3, 0.4) is 0 Å². The molecule has 0 amide bonds. The van der Waals surface area contributed by atoms with Gasteiger partial charge in [0.05, 0.1) is 19.6 Å². The van der Waals surface area contributed by atoms with Crippen molar-refractivity contribution in [3.63, 3.8) is 0 Å². The van der Waals surface area contributed by atoms with Crippen LogP contribution < -0.4 is 31.9 Å². The van der Waals surface area contributed by atoms with Crippen LogP contribution in [0.4, 0.5) is 83.4 Å². The average molecular weight is 968 g/mol. The van der Waals surface area contributed by atoms with Gasteiger partial charge < -0.3 is 4.90 Å². The number of unbranched alkanes of at least 4 members (excludes halogenated alkanes) is 3. The Bertz CT molecular complexity index is 2040. The van der Waals surface area contributed by atoms with E-state index < -0.39 is 163 Å². The Morgan fingerprint density at radius 3 is 0.714 bits per heavy atom. The number of hydrogen-bond acceptors (Lipinski definition) is 0. The predicted octanol–water partition coefficient (Wildman–Crippen LogP) is 9.41. The summed E-state index contributed by atoms with van der Waals surface area (Å²) >= 11 is 6.18. The van der Waals surface area contributed by atoms with Crippen LogP contribution in [0.15, 0.2) is 0 Å².